The summed E-state index contributed by atoms with van der Waals surface area (Å²) < 4.78 is 23.3. The van der Waals surface area contributed by atoms with E-state index in [-0.39, 0.29) is 17.2 Å². The van der Waals surface area contributed by atoms with Gasteiger partial charge in [-0.05, 0) is 53.8 Å². The van der Waals surface area contributed by atoms with E-state index in [0.29, 0.717) is 5.69 Å². The van der Waals surface area contributed by atoms with Gasteiger partial charge >= 0.3 is 0 Å². The van der Waals surface area contributed by atoms with Gasteiger partial charge in [0.1, 0.15) is 0 Å². The lowest BCUT2D eigenvalue weighted by Gasteiger charge is -2.13. The van der Waals surface area contributed by atoms with E-state index < -0.39 is 10.0 Å². The molecule has 0 atom stereocenters. The fourth-order valence-electron chi connectivity index (χ4n) is 2.95. The number of amides is 1. The van der Waals surface area contributed by atoms with E-state index in [9.17, 15) is 13.2 Å². The Bertz CT molecular complexity index is 1110. The van der Waals surface area contributed by atoms with Crippen LogP contribution in [0.15, 0.2) is 71.6 Å². The summed E-state index contributed by atoms with van der Waals surface area (Å²) in [5.74, 6) is -0.221. The standard InChI is InChI=1S/C22H22N2O3S/c1-15-12-20(28(23,26)27)14-21(16(15)2)24-22(25)13-17-8-10-19(11-9-17)18-6-4-3-5-7-18/h3-12,14H,13H2,1-2H3,(H,24,25)(H2,23,26,27). The van der Waals surface area contributed by atoms with E-state index >= 15 is 0 Å². The SMILES string of the molecule is Cc1cc(S(N)(=O)=O)cc(NC(=O)Cc2ccc(-c3ccccc3)cc2)c1C. The van der Waals surface area contributed by atoms with E-state index in [0.717, 1.165) is 27.8 Å². The van der Waals surface area contributed by atoms with Crippen LogP contribution in [0.25, 0.3) is 11.1 Å². The number of rotatable bonds is 5. The summed E-state index contributed by atoms with van der Waals surface area (Å²) in [4.78, 5) is 12.5. The molecule has 3 rings (SSSR count). The Hall–Kier alpha value is -2.96. The first-order chi connectivity index (χ1) is 13.2. The van der Waals surface area contributed by atoms with Gasteiger partial charge in [-0.25, -0.2) is 13.6 Å². The number of benzene rings is 3. The van der Waals surface area contributed by atoms with Gasteiger partial charge in [0.2, 0.25) is 15.9 Å². The number of aryl methyl sites for hydroxylation is 1. The minimum Gasteiger partial charge on any atom is -0.326 e. The van der Waals surface area contributed by atoms with E-state index in [1.165, 1.54) is 12.1 Å². The number of carbonyl (C=O) groups is 1. The van der Waals surface area contributed by atoms with Crippen molar-refractivity contribution in [2.45, 2.75) is 25.2 Å². The lowest BCUT2D eigenvalue weighted by molar-refractivity contribution is -0.115. The molecule has 6 heteroatoms. The normalized spacial score (nSPS) is 11.2. The van der Waals surface area contributed by atoms with Crippen molar-refractivity contribution in [3.05, 3.63) is 83.4 Å². The Morgan fingerprint density at radius 3 is 2.14 bits per heavy atom. The molecule has 3 N–H and O–H groups in total. The molecule has 0 saturated heterocycles. The van der Waals surface area contributed by atoms with Crippen molar-refractivity contribution in [3.8, 4) is 11.1 Å². The Morgan fingerprint density at radius 1 is 0.929 bits per heavy atom. The molecule has 28 heavy (non-hydrogen) atoms. The number of sulfonamides is 1. The second-order valence-electron chi connectivity index (χ2n) is 6.75. The summed E-state index contributed by atoms with van der Waals surface area (Å²) >= 11 is 0. The molecule has 0 aromatic heterocycles. The molecule has 5 nitrogen and oxygen atoms in total. The van der Waals surface area contributed by atoms with Crippen LogP contribution >= 0.6 is 0 Å². The highest BCUT2D eigenvalue weighted by molar-refractivity contribution is 7.89. The molecule has 1 amide bonds. The lowest BCUT2D eigenvalue weighted by Crippen LogP contribution is -2.17. The summed E-state index contributed by atoms with van der Waals surface area (Å²) in [6.07, 6.45) is 0.188. The molecule has 3 aromatic rings. The molecule has 3 aromatic carbocycles. The van der Waals surface area contributed by atoms with Crippen LogP contribution in [0, 0.1) is 13.8 Å². The van der Waals surface area contributed by atoms with Crippen molar-refractivity contribution < 1.29 is 13.2 Å². The minimum atomic E-state index is -3.84. The molecular weight excluding hydrogens is 372 g/mol. The molecule has 0 fully saturated rings. The molecule has 0 radical (unpaired) electrons. The number of hydrogen-bond acceptors (Lipinski definition) is 3. The van der Waals surface area contributed by atoms with Gasteiger partial charge in [-0.3, -0.25) is 4.79 Å². The Balaban J connectivity index is 1.75. The maximum atomic E-state index is 12.5. The summed E-state index contributed by atoms with van der Waals surface area (Å²) in [6.45, 7) is 3.61. The molecule has 0 aliphatic carbocycles. The number of carbonyl (C=O) groups excluding carboxylic acids is 1. The Morgan fingerprint density at radius 2 is 1.54 bits per heavy atom. The zero-order valence-corrected chi connectivity index (χ0v) is 16.6. The number of hydrogen-bond donors (Lipinski definition) is 2. The van der Waals surface area contributed by atoms with Crippen LogP contribution < -0.4 is 10.5 Å². The predicted octanol–water partition coefficient (Wildman–Crippen LogP) is 3.80. The smallest absolute Gasteiger partial charge is 0.238 e. The summed E-state index contributed by atoms with van der Waals surface area (Å²) in [5, 5.41) is 8.02. The van der Waals surface area contributed by atoms with Gasteiger partial charge in [-0.2, -0.15) is 0 Å². The number of nitrogens with two attached hydrogens (primary N) is 1. The third-order valence-electron chi connectivity index (χ3n) is 4.67. The van der Waals surface area contributed by atoms with Gasteiger partial charge in [0.15, 0.2) is 0 Å². The summed E-state index contributed by atoms with van der Waals surface area (Å²) in [7, 11) is -3.84. The molecule has 0 heterocycles. The van der Waals surface area contributed by atoms with E-state index in [1.807, 2.05) is 61.5 Å². The molecule has 0 aliphatic rings. The Kier molecular flexibility index (Phi) is 5.63. The topological polar surface area (TPSA) is 89.3 Å². The molecule has 0 unspecified atom stereocenters. The zero-order valence-electron chi connectivity index (χ0n) is 15.8. The van der Waals surface area contributed by atoms with Gasteiger partial charge in [-0.1, -0.05) is 54.6 Å². The van der Waals surface area contributed by atoms with Crippen LogP contribution in [0.3, 0.4) is 0 Å². The average molecular weight is 394 g/mol. The van der Waals surface area contributed by atoms with Crippen LogP contribution in [-0.4, -0.2) is 14.3 Å². The first-order valence-corrected chi connectivity index (χ1v) is 10.4. The highest BCUT2D eigenvalue weighted by atomic mass is 32.2. The molecule has 0 spiro atoms. The summed E-state index contributed by atoms with van der Waals surface area (Å²) in [6, 6.07) is 20.7. The van der Waals surface area contributed by atoms with E-state index in [4.69, 9.17) is 5.14 Å². The van der Waals surface area contributed by atoms with Gasteiger partial charge in [0.05, 0.1) is 11.3 Å². The van der Waals surface area contributed by atoms with Crippen LogP contribution in [-0.2, 0) is 21.2 Å². The van der Waals surface area contributed by atoms with E-state index in [1.54, 1.807) is 6.92 Å². The first kappa shape index (κ1) is 19.8. The quantitative estimate of drug-likeness (QED) is 0.690. The number of anilines is 1. The fraction of sp³-hybridized carbons (Fsp3) is 0.136. The molecule has 0 aliphatic heterocycles. The van der Waals surface area contributed by atoms with Crippen molar-refractivity contribution in [3.63, 3.8) is 0 Å². The molecule has 144 valence electrons. The maximum Gasteiger partial charge on any atom is 0.238 e. The minimum absolute atomic E-state index is 0.0156. The lowest BCUT2D eigenvalue weighted by atomic mass is 10.0. The average Bonchev–Trinajstić information content (AvgIpc) is 2.65. The van der Waals surface area contributed by atoms with Crippen molar-refractivity contribution in [1.82, 2.24) is 0 Å². The molecular formula is C22H22N2O3S. The fourth-order valence-corrected chi connectivity index (χ4v) is 3.57. The Labute approximate surface area is 165 Å². The third kappa shape index (κ3) is 4.65. The third-order valence-corrected chi connectivity index (χ3v) is 5.56. The molecule has 0 bridgehead atoms. The van der Waals surface area contributed by atoms with Gasteiger partial charge in [0, 0.05) is 5.69 Å². The van der Waals surface area contributed by atoms with Crippen LogP contribution in [0.5, 0.6) is 0 Å². The largest absolute Gasteiger partial charge is 0.326 e. The van der Waals surface area contributed by atoms with Crippen LogP contribution in [0.4, 0.5) is 5.69 Å². The second kappa shape index (κ2) is 7.96. The first-order valence-electron chi connectivity index (χ1n) is 8.82. The van der Waals surface area contributed by atoms with Crippen molar-refractivity contribution in [2.75, 3.05) is 5.32 Å². The summed E-state index contributed by atoms with van der Waals surface area (Å²) in [5.41, 5.74) is 5.07. The zero-order chi connectivity index (χ0) is 20.3. The van der Waals surface area contributed by atoms with Crippen molar-refractivity contribution in [2.24, 2.45) is 5.14 Å². The maximum absolute atomic E-state index is 12.5. The van der Waals surface area contributed by atoms with Crippen molar-refractivity contribution >= 4 is 21.6 Å². The van der Waals surface area contributed by atoms with E-state index in [2.05, 4.69) is 5.32 Å². The number of nitrogens with one attached hydrogen (secondary N) is 1. The second-order valence-corrected chi connectivity index (χ2v) is 8.31. The van der Waals surface area contributed by atoms with Gasteiger partial charge in [0.25, 0.3) is 0 Å². The highest BCUT2D eigenvalue weighted by Gasteiger charge is 2.14. The van der Waals surface area contributed by atoms with Crippen molar-refractivity contribution in [1.29, 1.82) is 0 Å². The number of primary sulfonamides is 1. The highest BCUT2D eigenvalue weighted by Crippen LogP contribution is 2.24. The van der Waals surface area contributed by atoms with Crippen LogP contribution in [0.1, 0.15) is 16.7 Å². The predicted molar refractivity (Wildman–Crippen MR) is 112 cm³/mol. The van der Waals surface area contributed by atoms with Crippen LogP contribution in [0.2, 0.25) is 0 Å². The monoisotopic (exact) mass is 394 g/mol. The molecule has 0 saturated carbocycles. The van der Waals surface area contributed by atoms with Gasteiger partial charge in [-0.15, -0.1) is 0 Å². The van der Waals surface area contributed by atoms with Gasteiger partial charge < -0.3 is 5.32 Å².